The van der Waals surface area contributed by atoms with E-state index in [9.17, 15) is 9.18 Å². The van der Waals surface area contributed by atoms with Crippen LogP contribution in [0, 0.1) is 24.6 Å². The van der Waals surface area contributed by atoms with Gasteiger partial charge >= 0.3 is 0 Å². The predicted molar refractivity (Wildman–Crippen MR) is 102 cm³/mol. The Morgan fingerprint density at radius 1 is 1.27 bits per heavy atom. The number of fused-ring (bicyclic) bond motifs is 2. The normalized spacial score (nSPS) is 22.6. The van der Waals surface area contributed by atoms with E-state index in [1.54, 1.807) is 6.20 Å². The van der Waals surface area contributed by atoms with Crippen LogP contribution >= 0.6 is 0 Å². The van der Waals surface area contributed by atoms with Crippen molar-refractivity contribution in [2.75, 3.05) is 18.0 Å². The van der Waals surface area contributed by atoms with Crippen LogP contribution in [-0.4, -0.2) is 47.6 Å². The third kappa shape index (κ3) is 2.61. The molecule has 0 amide bonds. The third-order valence-corrected chi connectivity index (χ3v) is 6.01. The predicted octanol–water partition coefficient (Wildman–Crippen LogP) is 1.01. The van der Waals surface area contributed by atoms with Gasteiger partial charge in [-0.05, 0) is 24.8 Å². The highest BCUT2D eigenvalue weighted by Crippen LogP contribution is 2.57. The number of nitrogens with zero attached hydrogens (tertiary/aromatic N) is 8. The Hall–Kier alpha value is -3.63. The summed E-state index contributed by atoms with van der Waals surface area (Å²) < 4.78 is 21.6. The number of rotatable bonds is 4. The van der Waals surface area contributed by atoms with Gasteiger partial charge in [-0.3, -0.25) is 9.36 Å². The van der Waals surface area contributed by atoms with Gasteiger partial charge in [-0.1, -0.05) is 5.16 Å². The van der Waals surface area contributed by atoms with Gasteiger partial charge in [-0.2, -0.15) is 10.1 Å². The molecule has 1 aliphatic heterocycles. The van der Waals surface area contributed by atoms with Gasteiger partial charge in [-0.15, -0.1) is 9.73 Å². The number of aryl methyl sites for hydroxylation is 1. The summed E-state index contributed by atoms with van der Waals surface area (Å²) in [5.41, 5.74) is 0.984. The molecule has 0 spiro atoms. The molecule has 10 nitrogen and oxygen atoms in total. The fourth-order valence-corrected chi connectivity index (χ4v) is 4.45. The first kappa shape index (κ1) is 17.2. The third-order valence-electron chi connectivity index (χ3n) is 6.01. The molecule has 3 atom stereocenters. The van der Waals surface area contributed by atoms with Crippen molar-refractivity contribution >= 4 is 11.3 Å². The zero-order valence-electron chi connectivity index (χ0n) is 16.0. The number of piperidine rings is 1. The summed E-state index contributed by atoms with van der Waals surface area (Å²) in [7, 11) is 0. The van der Waals surface area contributed by atoms with Crippen LogP contribution in [0.15, 0.2) is 40.2 Å². The smallest absolute Gasteiger partial charge is 0.280 e. The van der Waals surface area contributed by atoms with Crippen LogP contribution in [0.5, 0.6) is 0 Å². The van der Waals surface area contributed by atoms with Gasteiger partial charge in [0.25, 0.3) is 5.56 Å². The molecule has 2 fully saturated rings. The Bertz CT molecular complexity index is 1320. The largest absolute Gasteiger partial charge is 0.356 e. The van der Waals surface area contributed by atoms with Crippen LogP contribution in [0.4, 0.5) is 10.2 Å². The molecule has 5 heterocycles. The van der Waals surface area contributed by atoms with Gasteiger partial charge in [0, 0.05) is 36.8 Å². The van der Waals surface area contributed by atoms with Crippen molar-refractivity contribution in [1.29, 1.82) is 0 Å². The van der Waals surface area contributed by atoms with Gasteiger partial charge in [-0.25, -0.2) is 9.37 Å². The summed E-state index contributed by atoms with van der Waals surface area (Å²) in [6.07, 6.45) is 4.51. The Morgan fingerprint density at radius 2 is 2.10 bits per heavy atom. The topological polar surface area (TPSA) is 107 Å². The minimum Gasteiger partial charge on any atom is -0.356 e. The number of halogens is 1. The summed E-state index contributed by atoms with van der Waals surface area (Å²) in [5.74, 6) is 2.42. The summed E-state index contributed by atoms with van der Waals surface area (Å²) >= 11 is 0. The molecule has 1 aliphatic carbocycles. The lowest BCUT2D eigenvalue weighted by molar-refractivity contribution is 0.363. The first-order valence-corrected chi connectivity index (χ1v) is 9.67. The molecular formula is C19H17FN8O2. The van der Waals surface area contributed by atoms with Crippen molar-refractivity contribution in [2.24, 2.45) is 11.8 Å². The highest BCUT2D eigenvalue weighted by atomic mass is 19.1. The van der Waals surface area contributed by atoms with Crippen molar-refractivity contribution < 1.29 is 8.91 Å². The number of pyridine rings is 1. The molecule has 2 aliphatic rings. The molecule has 0 aromatic carbocycles. The van der Waals surface area contributed by atoms with E-state index in [1.807, 2.05) is 6.92 Å². The van der Waals surface area contributed by atoms with Crippen molar-refractivity contribution in [2.45, 2.75) is 19.4 Å². The summed E-state index contributed by atoms with van der Waals surface area (Å²) in [6.45, 7) is 3.54. The number of anilines is 1. The van der Waals surface area contributed by atoms with E-state index in [2.05, 4.69) is 30.2 Å². The lowest BCUT2D eigenvalue weighted by Crippen LogP contribution is -2.25. The molecule has 0 radical (unpaired) electrons. The first-order chi connectivity index (χ1) is 14.6. The molecule has 1 saturated heterocycles. The lowest BCUT2D eigenvalue weighted by Gasteiger charge is -2.20. The molecular weight excluding hydrogens is 391 g/mol. The number of hydrogen-bond donors (Lipinski definition) is 0. The second-order valence-corrected chi connectivity index (χ2v) is 7.87. The maximum absolute atomic E-state index is 13.4. The highest BCUT2D eigenvalue weighted by molar-refractivity contribution is 5.49. The fourth-order valence-electron chi connectivity index (χ4n) is 4.45. The Kier molecular flexibility index (Phi) is 3.55. The van der Waals surface area contributed by atoms with Gasteiger partial charge in [0.2, 0.25) is 5.89 Å². The van der Waals surface area contributed by atoms with E-state index in [4.69, 9.17) is 4.52 Å². The van der Waals surface area contributed by atoms with Gasteiger partial charge < -0.3 is 9.42 Å². The van der Waals surface area contributed by atoms with Crippen LogP contribution in [0.25, 0.3) is 5.52 Å². The molecule has 11 heteroatoms. The van der Waals surface area contributed by atoms with E-state index in [0.29, 0.717) is 34.9 Å². The lowest BCUT2D eigenvalue weighted by atomic mass is 10.2. The summed E-state index contributed by atoms with van der Waals surface area (Å²) in [4.78, 5) is 23.5. The SMILES string of the molecule is Cc1cnn2ncn(Cc3nc(C4[C@H]5CN(c6cc(F)ccn6)C[C@@H]45)no3)c(=O)c12. The van der Waals surface area contributed by atoms with Gasteiger partial charge in [0.1, 0.15) is 24.5 Å². The van der Waals surface area contributed by atoms with Gasteiger partial charge in [0.15, 0.2) is 11.3 Å². The average molecular weight is 408 g/mol. The maximum Gasteiger partial charge on any atom is 0.280 e. The van der Waals surface area contributed by atoms with Gasteiger partial charge in [0.05, 0.1) is 6.20 Å². The van der Waals surface area contributed by atoms with Crippen molar-refractivity contribution in [3.05, 3.63) is 64.3 Å². The zero-order chi connectivity index (χ0) is 20.4. The van der Waals surface area contributed by atoms with Crippen LogP contribution in [0.1, 0.15) is 23.2 Å². The van der Waals surface area contributed by atoms with Crippen LogP contribution in [0.2, 0.25) is 0 Å². The summed E-state index contributed by atoms with van der Waals surface area (Å²) in [5, 5.41) is 12.3. The molecule has 4 aromatic heterocycles. The Balaban J connectivity index is 1.17. The molecule has 6 rings (SSSR count). The second-order valence-electron chi connectivity index (χ2n) is 7.87. The molecule has 1 unspecified atom stereocenters. The number of hydrogen-bond acceptors (Lipinski definition) is 8. The molecule has 1 saturated carbocycles. The van der Waals surface area contributed by atoms with E-state index in [0.717, 1.165) is 18.7 Å². The minimum atomic E-state index is -0.283. The van der Waals surface area contributed by atoms with Crippen LogP contribution in [0.3, 0.4) is 0 Å². The molecule has 152 valence electrons. The van der Waals surface area contributed by atoms with E-state index < -0.39 is 0 Å². The summed E-state index contributed by atoms with van der Waals surface area (Å²) in [6, 6.07) is 2.80. The standard InChI is InChI=1S/C19H17FN8O2/c1-10-5-22-28-17(10)19(29)27(9-23-28)8-15-24-18(25-30-15)16-12-6-26(7-13(12)16)14-4-11(20)2-3-21-14/h2-5,9,12-13,16H,6-8H2,1H3/t12-,13+,16?. The van der Waals surface area contributed by atoms with Crippen LogP contribution in [-0.2, 0) is 6.54 Å². The number of aromatic nitrogens is 7. The monoisotopic (exact) mass is 408 g/mol. The van der Waals surface area contributed by atoms with E-state index in [1.165, 1.54) is 33.9 Å². The van der Waals surface area contributed by atoms with Crippen molar-refractivity contribution in [3.8, 4) is 0 Å². The van der Waals surface area contributed by atoms with E-state index in [-0.39, 0.29) is 23.8 Å². The first-order valence-electron chi connectivity index (χ1n) is 9.67. The molecule has 0 N–H and O–H groups in total. The Morgan fingerprint density at radius 3 is 2.90 bits per heavy atom. The van der Waals surface area contributed by atoms with Crippen molar-refractivity contribution in [3.63, 3.8) is 0 Å². The zero-order valence-corrected chi connectivity index (χ0v) is 16.0. The molecule has 4 aromatic rings. The van der Waals surface area contributed by atoms with E-state index >= 15 is 0 Å². The fraction of sp³-hybridized carbons (Fsp3) is 0.368. The van der Waals surface area contributed by atoms with Crippen molar-refractivity contribution in [1.82, 2.24) is 34.5 Å². The quantitative estimate of drug-likeness (QED) is 0.493. The van der Waals surface area contributed by atoms with Crippen LogP contribution < -0.4 is 10.5 Å². The maximum atomic E-state index is 13.4. The molecule has 30 heavy (non-hydrogen) atoms. The second kappa shape index (κ2) is 6.18. The highest BCUT2D eigenvalue weighted by Gasteiger charge is 2.58. The average Bonchev–Trinajstić information content (AvgIpc) is 3.16. The Labute approximate surface area is 169 Å². The minimum absolute atomic E-state index is 0.154. The molecule has 0 bridgehead atoms.